The first-order valence-corrected chi connectivity index (χ1v) is 9.04. The van der Waals surface area contributed by atoms with E-state index in [9.17, 15) is 13.2 Å². The second-order valence-corrected chi connectivity index (χ2v) is 7.93. The summed E-state index contributed by atoms with van der Waals surface area (Å²) in [5, 5.41) is 2.59. The van der Waals surface area contributed by atoms with Crippen molar-refractivity contribution in [3.05, 3.63) is 23.8 Å². The number of amides is 1. The number of nitrogen functional groups attached to an aromatic ring is 1. The summed E-state index contributed by atoms with van der Waals surface area (Å²) < 4.78 is 24.0. The van der Waals surface area contributed by atoms with Gasteiger partial charge in [0.2, 0.25) is 5.91 Å². The fraction of sp³-hybridized carbons (Fsp3) is 0.533. The van der Waals surface area contributed by atoms with Crippen LogP contribution in [0.4, 0.5) is 11.4 Å². The molecule has 1 amide bonds. The molecule has 0 spiro atoms. The highest BCUT2D eigenvalue weighted by atomic mass is 32.2. The van der Waals surface area contributed by atoms with E-state index in [1.54, 1.807) is 18.2 Å². The highest BCUT2D eigenvalue weighted by Crippen LogP contribution is 2.26. The predicted molar refractivity (Wildman–Crippen MR) is 84.8 cm³/mol. The summed E-state index contributed by atoms with van der Waals surface area (Å²) in [6, 6.07) is 5.14. The van der Waals surface area contributed by atoms with Crippen LogP contribution in [0.15, 0.2) is 18.2 Å². The third-order valence-corrected chi connectivity index (χ3v) is 5.56. The van der Waals surface area contributed by atoms with Crippen molar-refractivity contribution in [1.29, 1.82) is 0 Å². The molecule has 21 heavy (non-hydrogen) atoms. The fourth-order valence-corrected chi connectivity index (χ4v) is 4.35. The molecule has 1 saturated carbocycles. The summed E-state index contributed by atoms with van der Waals surface area (Å²) in [4.78, 5) is 11.9. The molecule has 0 atom stereocenters. The molecular formula is C15H22N2O3S. The second-order valence-electron chi connectivity index (χ2n) is 5.82. The van der Waals surface area contributed by atoms with Crippen molar-refractivity contribution >= 4 is 27.1 Å². The highest BCUT2D eigenvalue weighted by Gasteiger charge is 2.24. The number of carbonyl (C=O) groups excluding carboxylic acids is 1. The minimum Gasteiger partial charge on any atom is -0.398 e. The monoisotopic (exact) mass is 310 g/mol. The van der Waals surface area contributed by atoms with Crippen LogP contribution in [0.25, 0.3) is 0 Å². The summed E-state index contributed by atoms with van der Waals surface area (Å²) in [6.07, 6.45) is 4.09. The van der Waals surface area contributed by atoms with Gasteiger partial charge in [0, 0.05) is 11.4 Å². The van der Waals surface area contributed by atoms with Crippen LogP contribution in [-0.2, 0) is 14.6 Å². The summed E-state index contributed by atoms with van der Waals surface area (Å²) >= 11 is 0. The molecule has 0 unspecified atom stereocenters. The van der Waals surface area contributed by atoms with Gasteiger partial charge in [-0.2, -0.15) is 0 Å². The molecule has 1 fully saturated rings. The normalized spacial score (nSPS) is 16.0. The molecule has 1 aromatic rings. The Morgan fingerprint density at radius 2 is 2.00 bits per heavy atom. The molecule has 116 valence electrons. The third-order valence-electron chi connectivity index (χ3n) is 3.88. The minimum atomic E-state index is -3.35. The molecule has 0 saturated heterocycles. The summed E-state index contributed by atoms with van der Waals surface area (Å²) in [6.45, 7) is 1.87. The van der Waals surface area contributed by atoms with Gasteiger partial charge in [-0.3, -0.25) is 4.79 Å². The van der Waals surface area contributed by atoms with E-state index in [0.717, 1.165) is 31.2 Å². The van der Waals surface area contributed by atoms with E-state index in [2.05, 4.69) is 5.32 Å². The molecule has 1 aromatic carbocycles. The maximum absolute atomic E-state index is 12.0. The fourth-order valence-electron chi connectivity index (χ4n) is 2.71. The van der Waals surface area contributed by atoms with Gasteiger partial charge in [-0.1, -0.05) is 18.9 Å². The van der Waals surface area contributed by atoms with Gasteiger partial charge in [0.05, 0.1) is 5.75 Å². The quantitative estimate of drug-likeness (QED) is 0.815. The summed E-state index contributed by atoms with van der Waals surface area (Å²) in [7, 11) is -3.35. The highest BCUT2D eigenvalue weighted by molar-refractivity contribution is 7.92. The van der Waals surface area contributed by atoms with Gasteiger partial charge < -0.3 is 11.1 Å². The third kappa shape index (κ3) is 4.74. The van der Waals surface area contributed by atoms with E-state index in [-0.39, 0.29) is 11.7 Å². The van der Waals surface area contributed by atoms with E-state index >= 15 is 0 Å². The van der Waals surface area contributed by atoms with Gasteiger partial charge in [-0.15, -0.1) is 0 Å². The number of benzene rings is 1. The number of carbonyl (C=O) groups is 1. The molecule has 6 heteroatoms. The standard InChI is InChI=1S/C15H22N2O3S/c1-11-6-7-13(8-14(11)16)17-15(18)10-21(19,20)9-12-4-2-3-5-12/h6-8,12H,2-5,9-10,16H2,1H3,(H,17,18). The van der Waals surface area contributed by atoms with Crippen LogP contribution in [0.3, 0.4) is 0 Å². The van der Waals surface area contributed by atoms with Gasteiger partial charge in [0.1, 0.15) is 5.75 Å². The van der Waals surface area contributed by atoms with Gasteiger partial charge in [-0.05, 0) is 43.4 Å². The first kappa shape index (κ1) is 15.8. The van der Waals surface area contributed by atoms with E-state index in [4.69, 9.17) is 5.73 Å². The van der Waals surface area contributed by atoms with Crippen molar-refractivity contribution in [1.82, 2.24) is 0 Å². The number of anilines is 2. The van der Waals surface area contributed by atoms with Crippen LogP contribution < -0.4 is 11.1 Å². The molecule has 3 N–H and O–H groups in total. The second kappa shape index (κ2) is 6.47. The summed E-state index contributed by atoms with van der Waals surface area (Å²) in [5.74, 6) is -0.623. The number of hydrogen-bond acceptors (Lipinski definition) is 4. The Morgan fingerprint density at radius 1 is 1.33 bits per heavy atom. The molecule has 0 aliphatic heterocycles. The molecule has 0 heterocycles. The van der Waals surface area contributed by atoms with Crippen LogP contribution >= 0.6 is 0 Å². The Kier molecular flexibility index (Phi) is 4.88. The van der Waals surface area contributed by atoms with Gasteiger partial charge in [0.25, 0.3) is 0 Å². The molecule has 2 rings (SSSR count). The zero-order chi connectivity index (χ0) is 15.5. The lowest BCUT2D eigenvalue weighted by molar-refractivity contribution is -0.113. The van der Waals surface area contributed by atoms with E-state index < -0.39 is 21.5 Å². The van der Waals surface area contributed by atoms with Crippen molar-refractivity contribution in [2.24, 2.45) is 5.92 Å². The maximum Gasteiger partial charge on any atom is 0.239 e. The SMILES string of the molecule is Cc1ccc(NC(=O)CS(=O)(=O)CC2CCCC2)cc1N. The van der Waals surface area contributed by atoms with Crippen LogP contribution in [0.1, 0.15) is 31.2 Å². The maximum atomic E-state index is 12.0. The topological polar surface area (TPSA) is 89.3 Å². The zero-order valence-corrected chi connectivity index (χ0v) is 13.1. The van der Waals surface area contributed by atoms with Gasteiger partial charge in [-0.25, -0.2) is 8.42 Å². The van der Waals surface area contributed by atoms with E-state index in [1.165, 1.54) is 0 Å². The molecule has 5 nitrogen and oxygen atoms in total. The van der Waals surface area contributed by atoms with E-state index in [1.807, 2.05) is 6.92 Å². The smallest absolute Gasteiger partial charge is 0.239 e. The lowest BCUT2D eigenvalue weighted by Crippen LogP contribution is -2.26. The van der Waals surface area contributed by atoms with Gasteiger partial charge in [0.15, 0.2) is 9.84 Å². The van der Waals surface area contributed by atoms with Crippen molar-refractivity contribution in [2.75, 3.05) is 22.6 Å². The lowest BCUT2D eigenvalue weighted by atomic mass is 10.1. The van der Waals surface area contributed by atoms with Crippen LogP contribution in [0, 0.1) is 12.8 Å². The predicted octanol–water partition coefficient (Wildman–Crippen LogP) is 2.12. The lowest BCUT2D eigenvalue weighted by Gasteiger charge is -2.11. The Hall–Kier alpha value is -1.56. The van der Waals surface area contributed by atoms with Crippen molar-refractivity contribution < 1.29 is 13.2 Å². The first-order valence-electron chi connectivity index (χ1n) is 7.22. The molecule has 0 radical (unpaired) electrons. The van der Waals surface area contributed by atoms with Crippen molar-refractivity contribution in [3.63, 3.8) is 0 Å². The largest absolute Gasteiger partial charge is 0.398 e. The number of rotatable bonds is 5. The van der Waals surface area contributed by atoms with Gasteiger partial charge >= 0.3 is 0 Å². The average Bonchev–Trinajstić information content (AvgIpc) is 2.85. The minimum absolute atomic E-state index is 0.121. The zero-order valence-electron chi connectivity index (χ0n) is 12.3. The Labute approximate surface area is 125 Å². The Morgan fingerprint density at radius 3 is 2.62 bits per heavy atom. The Balaban J connectivity index is 1.92. The number of nitrogens with two attached hydrogens (primary N) is 1. The van der Waals surface area contributed by atoms with E-state index in [0.29, 0.717) is 11.4 Å². The number of hydrogen-bond donors (Lipinski definition) is 2. The van der Waals surface area contributed by atoms with Crippen LogP contribution in [0.2, 0.25) is 0 Å². The molecule has 0 aromatic heterocycles. The number of nitrogens with one attached hydrogen (secondary N) is 1. The summed E-state index contributed by atoms with van der Waals surface area (Å²) in [5.41, 5.74) is 7.78. The number of sulfone groups is 1. The molecule has 0 bridgehead atoms. The van der Waals surface area contributed by atoms with Crippen LogP contribution in [-0.4, -0.2) is 25.8 Å². The number of aryl methyl sites for hydroxylation is 1. The first-order chi connectivity index (χ1) is 9.85. The molecule has 1 aliphatic rings. The molecular weight excluding hydrogens is 288 g/mol. The Bertz CT molecular complexity index is 620. The van der Waals surface area contributed by atoms with Crippen molar-refractivity contribution in [3.8, 4) is 0 Å². The average molecular weight is 310 g/mol. The van der Waals surface area contributed by atoms with Crippen molar-refractivity contribution in [2.45, 2.75) is 32.6 Å². The van der Waals surface area contributed by atoms with Crippen LogP contribution in [0.5, 0.6) is 0 Å². The molecule has 1 aliphatic carbocycles.